The van der Waals surface area contributed by atoms with Crippen molar-refractivity contribution >= 4 is 5.71 Å². The fourth-order valence-electron chi connectivity index (χ4n) is 1.01. The van der Waals surface area contributed by atoms with Gasteiger partial charge in [-0.25, -0.2) is 0 Å². The smallest absolute Gasteiger partial charge is 0.230 e. The maximum absolute atomic E-state index is 10.9. The fourth-order valence-corrected chi connectivity index (χ4v) is 1.01. The maximum Gasteiger partial charge on any atom is 0.230 e. The summed E-state index contributed by atoms with van der Waals surface area (Å²) in [5, 5.41) is 20.9. The Kier molecular flexibility index (Phi) is 1.92. The minimum Gasteiger partial charge on any atom is -0.623 e. The van der Waals surface area contributed by atoms with Crippen molar-refractivity contribution < 1.29 is 9.95 Å². The molecule has 4 heteroatoms. The van der Waals surface area contributed by atoms with Crippen LogP contribution in [-0.2, 0) is 0 Å². The number of nitrogens with zero attached hydrogens (tertiary/aromatic N) is 2. The monoisotopic (exact) mass is 144 g/mol. The van der Waals surface area contributed by atoms with Crippen LogP contribution in [-0.4, -0.2) is 33.9 Å². The van der Waals surface area contributed by atoms with Crippen molar-refractivity contribution in [3.05, 3.63) is 5.21 Å². The minimum atomic E-state index is 0.0795. The predicted molar refractivity (Wildman–Crippen MR) is 36.8 cm³/mol. The van der Waals surface area contributed by atoms with E-state index in [1.54, 1.807) is 6.92 Å². The molecule has 1 aliphatic rings. The molecule has 0 fully saturated rings. The van der Waals surface area contributed by atoms with Crippen LogP contribution in [0.3, 0.4) is 0 Å². The van der Waals surface area contributed by atoms with Gasteiger partial charge in [0.25, 0.3) is 0 Å². The molecule has 1 rings (SSSR count). The summed E-state index contributed by atoms with van der Waals surface area (Å²) in [7, 11) is 0. The maximum atomic E-state index is 10.9. The summed E-state index contributed by atoms with van der Waals surface area (Å²) in [4.78, 5) is 0. The highest BCUT2D eigenvalue weighted by atomic mass is 16.5. The van der Waals surface area contributed by atoms with E-state index in [0.29, 0.717) is 6.54 Å². The number of hydroxylamine groups is 3. The number of hydrogen-bond acceptors (Lipinski definition) is 3. The van der Waals surface area contributed by atoms with Crippen LogP contribution in [0.2, 0.25) is 0 Å². The van der Waals surface area contributed by atoms with E-state index in [4.69, 9.17) is 5.21 Å². The Bertz CT molecular complexity index is 167. The summed E-state index contributed by atoms with van der Waals surface area (Å²) in [5.41, 5.74) is 0.797. The quantitative estimate of drug-likeness (QED) is 0.392. The highest BCUT2D eigenvalue weighted by Gasteiger charge is 2.23. The Labute approximate surface area is 59.9 Å². The Balaban J connectivity index is 2.74. The third-order valence-electron chi connectivity index (χ3n) is 1.88. The molecule has 1 unspecified atom stereocenters. The molecule has 0 aromatic heterocycles. The van der Waals surface area contributed by atoms with Gasteiger partial charge in [-0.3, -0.25) is 0 Å². The summed E-state index contributed by atoms with van der Waals surface area (Å²) in [6.45, 7) is 4.36. The summed E-state index contributed by atoms with van der Waals surface area (Å²) in [5.74, 6) is 0.163. The average Bonchev–Trinajstić information content (AvgIpc) is 1.82. The van der Waals surface area contributed by atoms with Crippen molar-refractivity contribution in [3.8, 4) is 0 Å². The lowest BCUT2D eigenvalue weighted by Gasteiger charge is -2.24. The molecule has 0 saturated carbocycles. The Morgan fingerprint density at radius 2 is 2.40 bits per heavy atom. The van der Waals surface area contributed by atoms with E-state index >= 15 is 0 Å². The topological polar surface area (TPSA) is 49.5 Å². The first-order chi connectivity index (χ1) is 4.61. The summed E-state index contributed by atoms with van der Waals surface area (Å²) in [6.07, 6.45) is 0. The molecule has 1 aliphatic heterocycles. The highest BCUT2D eigenvalue weighted by molar-refractivity contribution is 5.79. The number of hydrogen-bond donors (Lipinski definition) is 1. The first-order valence-electron chi connectivity index (χ1n) is 3.33. The van der Waals surface area contributed by atoms with E-state index in [0.717, 1.165) is 15.5 Å². The van der Waals surface area contributed by atoms with Crippen LogP contribution in [0.5, 0.6) is 0 Å². The van der Waals surface area contributed by atoms with E-state index in [1.165, 1.54) is 0 Å². The second-order valence-corrected chi connectivity index (χ2v) is 2.75. The van der Waals surface area contributed by atoms with Gasteiger partial charge in [0.1, 0.15) is 0 Å². The molecule has 4 nitrogen and oxygen atoms in total. The summed E-state index contributed by atoms with van der Waals surface area (Å²) in [6, 6.07) is 0. The third-order valence-corrected chi connectivity index (χ3v) is 1.88. The van der Waals surface area contributed by atoms with Crippen LogP contribution in [0.15, 0.2) is 0 Å². The van der Waals surface area contributed by atoms with Gasteiger partial charge in [0, 0.05) is 13.5 Å². The van der Waals surface area contributed by atoms with Gasteiger partial charge < -0.3 is 10.4 Å². The lowest BCUT2D eigenvalue weighted by atomic mass is 10.1. The number of rotatable bonds is 0. The fraction of sp³-hybridized carbons (Fsp3) is 0.833. The van der Waals surface area contributed by atoms with Crippen molar-refractivity contribution in [1.82, 2.24) is 5.06 Å². The Hall–Kier alpha value is -0.610. The first-order valence-corrected chi connectivity index (χ1v) is 3.33. The molecule has 0 radical (unpaired) electrons. The molecule has 0 aromatic carbocycles. The molecule has 58 valence electrons. The van der Waals surface area contributed by atoms with Gasteiger partial charge in [-0.1, -0.05) is 6.92 Å². The normalized spacial score (nSPS) is 29.3. The van der Waals surface area contributed by atoms with Crippen LogP contribution in [0.25, 0.3) is 0 Å². The van der Waals surface area contributed by atoms with Crippen molar-refractivity contribution in [1.29, 1.82) is 0 Å². The molecule has 0 aliphatic carbocycles. The average molecular weight is 144 g/mol. The lowest BCUT2D eigenvalue weighted by molar-refractivity contribution is -0.518. The van der Waals surface area contributed by atoms with Crippen molar-refractivity contribution in [2.45, 2.75) is 13.8 Å². The van der Waals surface area contributed by atoms with Gasteiger partial charge >= 0.3 is 0 Å². The van der Waals surface area contributed by atoms with E-state index in [2.05, 4.69) is 0 Å². The third kappa shape index (κ3) is 1.27. The summed E-state index contributed by atoms with van der Waals surface area (Å²) >= 11 is 0. The molecule has 1 N–H and O–H groups in total. The van der Waals surface area contributed by atoms with Crippen molar-refractivity contribution in [2.75, 3.05) is 13.2 Å². The zero-order chi connectivity index (χ0) is 7.72. The van der Waals surface area contributed by atoms with Gasteiger partial charge in [0.15, 0.2) is 5.71 Å². The largest absolute Gasteiger partial charge is 0.623 e. The summed E-state index contributed by atoms with van der Waals surface area (Å²) < 4.78 is 0.814. The van der Waals surface area contributed by atoms with Gasteiger partial charge in [-0.05, 0) is 0 Å². The van der Waals surface area contributed by atoms with Gasteiger partial charge in [0.2, 0.25) is 6.67 Å². The van der Waals surface area contributed by atoms with E-state index < -0.39 is 0 Å². The van der Waals surface area contributed by atoms with Gasteiger partial charge in [-0.2, -0.15) is 4.74 Å². The zero-order valence-corrected chi connectivity index (χ0v) is 6.24. The van der Waals surface area contributed by atoms with Crippen LogP contribution in [0.4, 0.5) is 0 Å². The molecule has 0 aromatic rings. The molecular formula is C6H12N2O2. The van der Waals surface area contributed by atoms with Gasteiger partial charge in [0.05, 0.1) is 5.92 Å². The van der Waals surface area contributed by atoms with E-state index in [-0.39, 0.29) is 12.6 Å². The highest BCUT2D eigenvalue weighted by Crippen LogP contribution is 2.06. The molecule has 1 heterocycles. The second kappa shape index (κ2) is 2.56. The SMILES string of the molecule is CC1=[N+]([O-])CN(O)CC1C. The Morgan fingerprint density at radius 3 is 2.90 bits per heavy atom. The molecule has 0 bridgehead atoms. The van der Waals surface area contributed by atoms with Crippen molar-refractivity contribution in [2.24, 2.45) is 5.92 Å². The minimum absolute atomic E-state index is 0.0795. The molecule has 10 heavy (non-hydrogen) atoms. The van der Waals surface area contributed by atoms with Crippen molar-refractivity contribution in [3.63, 3.8) is 0 Å². The molecule has 0 amide bonds. The van der Waals surface area contributed by atoms with Crippen LogP contribution in [0, 0.1) is 11.1 Å². The zero-order valence-electron chi connectivity index (χ0n) is 6.24. The van der Waals surface area contributed by atoms with Crippen LogP contribution in [0.1, 0.15) is 13.8 Å². The Morgan fingerprint density at radius 1 is 1.80 bits per heavy atom. The van der Waals surface area contributed by atoms with E-state index in [9.17, 15) is 5.21 Å². The molecule has 0 saturated heterocycles. The molecule has 0 spiro atoms. The molecule has 1 atom stereocenters. The standard InChI is InChI=1S/C6H12N2O2/c1-5-3-7(9)4-8(10)6(5)2/h5,9H,3-4H2,1-2H3. The first kappa shape index (κ1) is 7.50. The van der Waals surface area contributed by atoms with Crippen LogP contribution < -0.4 is 0 Å². The van der Waals surface area contributed by atoms with E-state index in [1.807, 2.05) is 6.92 Å². The lowest BCUT2D eigenvalue weighted by Crippen LogP contribution is -2.42. The molecular weight excluding hydrogens is 132 g/mol. The second-order valence-electron chi connectivity index (χ2n) is 2.75. The van der Waals surface area contributed by atoms with Gasteiger partial charge in [-0.15, -0.1) is 5.06 Å². The predicted octanol–water partition coefficient (Wildman–Crippen LogP) is 0.256. The van der Waals surface area contributed by atoms with Crippen LogP contribution >= 0.6 is 0 Å².